The van der Waals surface area contributed by atoms with Crippen LogP contribution in [-0.4, -0.2) is 36.2 Å². The molecule has 0 saturated heterocycles. The van der Waals surface area contributed by atoms with E-state index in [1.807, 2.05) is 36.1 Å². The Balaban J connectivity index is 1.48. The van der Waals surface area contributed by atoms with E-state index in [-0.39, 0.29) is 18.2 Å². The predicted molar refractivity (Wildman–Crippen MR) is 116 cm³/mol. The smallest absolute Gasteiger partial charge is 0.405 e. The molecule has 0 saturated carbocycles. The van der Waals surface area contributed by atoms with E-state index in [2.05, 4.69) is 20.4 Å². The average Bonchev–Trinajstić information content (AvgIpc) is 3.19. The zero-order valence-electron chi connectivity index (χ0n) is 17.9. The number of benzene rings is 2. The first kappa shape index (κ1) is 23.4. The van der Waals surface area contributed by atoms with E-state index in [1.54, 1.807) is 12.1 Å². The lowest BCUT2D eigenvalue weighted by Gasteiger charge is -2.16. The van der Waals surface area contributed by atoms with Gasteiger partial charge in [0.2, 0.25) is 5.91 Å². The van der Waals surface area contributed by atoms with Gasteiger partial charge < -0.3 is 20.3 Å². The Hall–Kier alpha value is -3.23. The first-order valence-electron chi connectivity index (χ1n) is 10.6. The summed E-state index contributed by atoms with van der Waals surface area (Å²) in [5.74, 6) is 0.301. The molecule has 172 valence electrons. The normalized spacial score (nSPS) is 13.6. The largest absolute Gasteiger partial charge is 0.573 e. The van der Waals surface area contributed by atoms with Crippen LogP contribution in [0.3, 0.4) is 0 Å². The van der Waals surface area contributed by atoms with Crippen LogP contribution in [0, 0.1) is 0 Å². The van der Waals surface area contributed by atoms with Crippen molar-refractivity contribution in [2.75, 3.05) is 13.1 Å². The van der Waals surface area contributed by atoms with Gasteiger partial charge in [-0.05, 0) is 30.5 Å². The van der Waals surface area contributed by atoms with Gasteiger partial charge in [0.15, 0.2) is 5.96 Å². The maximum absolute atomic E-state index is 12.6. The topological polar surface area (TPSA) is 66.0 Å². The number of amides is 1. The average molecular weight is 448 g/mol. The zero-order valence-corrected chi connectivity index (χ0v) is 17.9. The standard InChI is InChI=1S/C23H27F3N4O2/c1-2-27-22(29-14-17-8-5-6-11-20(17)32-23(24,25)26)28-13-7-12-21(31)30-15-18-9-3-4-10-19(18)16-30/h3-6,8-11H,2,7,12-16H2,1H3,(H2,27,28,29). The Morgan fingerprint density at radius 2 is 1.72 bits per heavy atom. The Morgan fingerprint density at radius 3 is 2.38 bits per heavy atom. The van der Waals surface area contributed by atoms with Gasteiger partial charge in [-0.2, -0.15) is 0 Å². The van der Waals surface area contributed by atoms with Crippen LogP contribution >= 0.6 is 0 Å². The number of alkyl halides is 3. The third kappa shape index (κ3) is 6.90. The van der Waals surface area contributed by atoms with Gasteiger partial charge in [0.1, 0.15) is 5.75 Å². The minimum atomic E-state index is -4.76. The van der Waals surface area contributed by atoms with Gasteiger partial charge in [-0.25, -0.2) is 4.99 Å². The van der Waals surface area contributed by atoms with Gasteiger partial charge >= 0.3 is 6.36 Å². The van der Waals surface area contributed by atoms with E-state index in [0.717, 1.165) is 0 Å². The fourth-order valence-electron chi connectivity index (χ4n) is 3.48. The summed E-state index contributed by atoms with van der Waals surface area (Å²) in [5.41, 5.74) is 2.71. The third-order valence-corrected chi connectivity index (χ3v) is 5.00. The lowest BCUT2D eigenvalue weighted by atomic mass is 10.1. The molecule has 1 heterocycles. The van der Waals surface area contributed by atoms with Gasteiger partial charge in [-0.1, -0.05) is 42.5 Å². The molecule has 9 heteroatoms. The third-order valence-electron chi connectivity index (χ3n) is 5.00. The Kier molecular flexibility index (Phi) is 7.97. The van der Waals surface area contributed by atoms with Crippen molar-refractivity contribution in [2.24, 2.45) is 4.99 Å². The molecule has 0 radical (unpaired) electrons. The summed E-state index contributed by atoms with van der Waals surface area (Å²) >= 11 is 0. The number of carbonyl (C=O) groups is 1. The second-order valence-corrected chi connectivity index (χ2v) is 7.40. The van der Waals surface area contributed by atoms with E-state index < -0.39 is 6.36 Å². The summed E-state index contributed by atoms with van der Waals surface area (Å²) in [6.07, 6.45) is -3.74. The van der Waals surface area contributed by atoms with E-state index in [0.29, 0.717) is 50.5 Å². The minimum absolute atomic E-state index is 0.0204. The highest BCUT2D eigenvalue weighted by Gasteiger charge is 2.32. The van der Waals surface area contributed by atoms with Gasteiger partial charge in [0.05, 0.1) is 6.54 Å². The fourth-order valence-corrected chi connectivity index (χ4v) is 3.48. The number of rotatable bonds is 8. The van der Waals surface area contributed by atoms with E-state index in [1.165, 1.54) is 23.3 Å². The van der Waals surface area contributed by atoms with Crippen molar-refractivity contribution in [2.45, 2.75) is 45.8 Å². The lowest BCUT2D eigenvalue weighted by Crippen LogP contribution is -2.38. The quantitative estimate of drug-likeness (QED) is 0.365. The monoisotopic (exact) mass is 448 g/mol. The summed E-state index contributed by atoms with van der Waals surface area (Å²) in [6.45, 7) is 4.31. The van der Waals surface area contributed by atoms with E-state index in [4.69, 9.17) is 0 Å². The molecular weight excluding hydrogens is 421 g/mol. The molecule has 1 aliphatic rings. The van der Waals surface area contributed by atoms with Crippen molar-refractivity contribution in [3.8, 4) is 5.75 Å². The molecule has 1 aliphatic heterocycles. The van der Waals surface area contributed by atoms with Crippen molar-refractivity contribution >= 4 is 11.9 Å². The first-order chi connectivity index (χ1) is 15.4. The number of hydrogen-bond donors (Lipinski definition) is 2. The van der Waals surface area contributed by atoms with Gasteiger partial charge in [-0.15, -0.1) is 13.2 Å². The summed E-state index contributed by atoms with van der Waals surface area (Å²) in [4.78, 5) is 18.7. The van der Waals surface area contributed by atoms with Crippen LogP contribution in [0.4, 0.5) is 13.2 Å². The zero-order chi connectivity index (χ0) is 23.0. The second-order valence-electron chi connectivity index (χ2n) is 7.40. The van der Waals surface area contributed by atoms with Crippen molar-refractivity contribution < 1.29 is 22.7 Å². The Labute approximate surface area is 185 Å². The van der Waals surface area contributed by atoms with E-state index >= 15 is 0 Å². The van der Waals surface area contributed by atoms with E-state index in [9.17, 15) is 18.0 Å². The van der Waals surface area contributed by atoms with Crippen molar-refractivity contribution in [3.63, 3.8) is 0 Å². The fraction of sp³-hybridized carbons (Fsp3) is 0.391. The molecule has 2 aromatic rings. The molecule has 0 aliphatic carbocycles. The van der Waals surface area contributed by atoms with Gasteiger partial charge in [0, 0.05) is 38.2 Å². The molecule has 6 nitrogen and oxygen atoms in total. The second kappa shape index (κ2) is 10.9. The molecule has 2 aromatic carbocycles. The van der Waals surface area contributed by atoms with Crippen LogP contribution < -0.4 is 15.4 Å². The van der Waals surface area contributed by atoms with Crippen LogP contribution in [0.5, 0.6) is 5.75 Å². The summed E-state index contributed by atoms with van der Waals surface area (Å²) in [6, 6.07) is 14.0. The molecular formula is C23H27F3N4O2. The van der Waals surface area contributed by atoms with Crippen molar-refractivity contribution in [1.82, 2.24) is 15.5 Å². The number of hydrogen-bond acceptors (Lipinski definition) is 3. The number of aliphatic imine (C=N–C) groups is 1. The summed E-state index contributed by atoms with van der Waals surface area (Å²) in [5, 5.41) is 6.18. The van der Waals surface area contributed by atoms with Crippen LogP contribution in [0.1, 0.15) is 36.5 Å². The number of nitrogens with zero attached hydrogens (tertiary/aromatic N) is 2. The molecule has 0 atom stereocenters. The molecule has 3 rings (SSSR count). The highest BCUT2D eigenvalue weighted by atomic mass is 19.4. The molecule has 0 spiro atoms. The SMILES string of the molecule is CCNC(=NCc1ccccc1OC(F)(F)F)NCCCC(=O)N1Cc2ccccc2C1. The highest BCUT2D eigenvalue weighted by molar-refractivity contribution is 5.80. The Bertz CT molecular complexity index is 922. The van der Waals surface area contributed by atoms with Gasteiger partial charge in [0.25, 0.3) is 0 Å². The van der Waals surface area contributed by atoms with Crippen LogP contribution in [0.2, 0.25) is 0 Å². The van der Waals surface area contributed by atoms with Gasteiger partial charge in [-0.3, -0.25) is 4.79 Å². The molecule has 2 N–H and O–H groups in total. The number of guanidine groups is 1. The molecule has 0 bridgehead atoms. The molecule has 1 amide bonds. The number of fused-ring (bicyclic) bond motifs is 1. The first-order valence-corrected chi connectivity index (χ1v) is 10.6. The number of halogens is 3. The van der Waals surface area contributed by atoms with Crippen LogP contribution in [-0.2, 0) is 24.4 Å². The van der Waals surface area contributed by atoms with Crippen molar-refractivity contribution in [3.05, 3.63) is 65.2 Å². The predicted octanol–water partition coefficient (Wildman–Crippen LogP) is 3.96. The molecule has 32 heavy (non-hydrogen) atoms. The maximum Gasteiger partial charge on any atom is 0.573 e. The highest BCUT2D eigenvalue weighted by Crippen LogP contribution is 2.26. The maximum atomic E-state index is 12.6. The Morgan fingerprint density at radius 1 is 1.06 bits per heavy atom. The molecule has 0 aromatic heterocycles. The number of ether oxygens (including phenoxy) is 1. The number of para-hydroxylation sites is 1. The summed E-state index contributed by atoms with van der Waals surface area (Å²) in [7, 11) is 0. The number of nitrogens with one attached hydrogen (secondary N) is 2. The summed E-state index contributed by atoms with van der Waals surface area (Å²) < 4.78 is 41.8. The lowest BCUT2D eigenvalue weighted by molar-refractivity contribution is -0.274. The number of carbonyl (C=O) groups excluding carboxylic acids is 1. The molecule has 0 unspecified atom stereocenters. The van der Waals surface area contributed by atoms with Crippen LogP contribution in [0.25, 0.3) is 0 Å². The molecule has 0 fully saturated rings. The van der Waals surface area contributed by atoms with Crippen molar-refractivity contribution in [1.29, 1.82) is 0 Å². The minimum Gasteiger partial charge on any atom is -0.405 e. The van der Waals surface area contributed by atoms with Crippen LogP contribution in [0.15, 0.2) is 53.5 Å².